The highest BCUT2D eigenvalue weighted by Gasteiger charge is 2.11. The van der Waals surface area contributed by atoms with Crippen LogP contribution in [0.5, 0.6) is 0 Å². The molecule has 3 nitrogen and oxygen atoms in total. The van der Waals surface area contributed by atoms with Gasteiger partial charge >= 0.3 is 0 Å². The van der Waals surface area contributed by atoms with E-state index in [1.54, 1.807) is 0 Å². The number of aliphatic hydroxyl groups is 1. The zero-order valence-corrected chi connectivity index (χ0v) is 9.86. The molecule has 1 aliphatic heterocycles. The van der Waals surface area contributed by atoms with Gasteiger partial charge < -0.3 is 14.7 Å². The molecule has 1 saturated heterocycles. The molecule has 0 saturated carbocycles. The zero-order valence-electron chi connectivity index (χ0n) is 9.10. The van der Waals surface area contributed by atoms with Crippen LogP contribution in [0.3, 0.4) is 0 Å². The topological polar surface area (TPSA) is 32.7 Å². The molecule has 2 rings (SSSR count). The Morgan fingerprint density at radius 1 is 1.25 bits per heavy atom. The van der Waals surface area contributed by atoms with Crippen molar-refractivity contribution in [3.63, 3.8) is 0 Å². The van der Waals surface area contributed by atoms with E-state index in [1.165, 1.54) is 5.69 Å². The fraction of sp³-hybridized carbons (Fsp3) is 0.500. The minimum atomic E-state index is -0.569. The van der Waals surface area contributed by atoms with E-state index in [9.17, 15) is 5.11 Å². The Hall–Kier alpha value is -0.770. The van der Waals surface area contributed by atoms with Crippen LogP contribution in [0.4, 0.5) is 5.69 Å². The van der Waals surface area contributed by atoms with Gasteiger partial charge in [0.25, 0.3) is 0 Å². The van der Waals surface area contributed by atoms with Crippen molar-refractivity contribution in [3.8, 4) is 0 Å². The molecule has 1 aromatic rings. The minimum absolute atomic E-state index is 0.233. The molecular weight excluding hydrogens is 226 g/mol. The van der Waals surface area contributed by atoms with Gasteiger partial charge in [0.05, 0.1) is 25.2 Å². The molecule has 0 aliphatic carbocycles. The first-order chi connectivity index (χ1) is 7.81. The van der Waals surface area contributed by atoms with Crippen LogP contribution in [0, 0.1) is 0 Å². The largest absolute Gasteiger partial charge is 0.387 e. The standard InChI is InChI=1S/C12H16ClNO2/c13-9-12(15)10-1-3-11(4-2-10)14-5-7-16-8-6-14/h1-4,12,15H,5-9H2. The fourth-order valence-electron chi connectivity index (χ4n) is 1.82. The normalized spacial score (nSPS) is 18.5. The third-order valence-corrected chi connectivity index (χ3v) is 3.09. The zero-order chi connectivity index (χ0) is 11.4. The predicted octanol–water partition coefficient (Wildman–Crippen LogP) is 1.80. The number of aliphatic hydroxyl groups excluding tert-OH is 1. The molecule has 1 N–H and O–H groups in total. The molecule has 0 aromatic heterocycles. The van der Waals surface area contributed by atoms with E-state index < -0.39 is 6.10 Å². The quantitative estimate of drug-likeness (QED) is 0.820. The van der Waals surface area contributed by atoms with Gasteiger partial charge in [0.15, 0.2) is 0 Å². The Balaban J connectivity index is 2.06. The van der Waals surface area contributed by atoms with Crippen LogP contribution in [0.25, 0.3) is 0 Å². The Labute approximate surface area is 101 Å². The first-order valence-electron chi connectivity index (χ1n) is 5.48. The van der Waals surface area contributed by atoms with Crippen LogP contribution in [-0.2, 0) is 4.74 Å². The van der Waals surface area contributed by atoms with Gasteiger partial charge in [-0.1, -0.05) is 12.1 Å². The second-order valence-electron chi connectivity index (χ2n) is 3.86. The lowest BCUT2D eigenvalue weighted by Gasteiger charge is -2.29. The number of hydrogen-bond donors (Lipinski definition) is 1. The second-order valence-corrected chi connectivity index (χ2v) is 4.17. The molecule has 0 radical (unpaired) electrons. The van der Waals surface area contributed by atoms with E-state index in [4.69, 9.17) is 16.3 Å². The molecule has 88 valence electrons. The summed E-state index contributed by atoms with van der Waals surface area (Å²) in [5.41, 5.74) is 2.04. The highest BCUT2D eigenvalue weighted by molar-refractivity contribution is 6.18. The summed E-state index contributed by atoms with van der Waals surface area (Å²) in [5.74, 6) is 0.233. The molecule has 1 aliphatic rings. The predicted molar refractivity (Wildman–Crippen MR) is 65.2 cm³/mol. The van der Waals surface area contributed by atoms with Crippen LogP contribution in [0.15, 0.2) is 24.3 Å². The number of benzene rings is 1. The minimum Gasteiger partial charge on any atom is -0.387 e. The summed E-state index contributed by atoms with van der Waals surface area (Å²) in [6.45, 7) is 3.42. The molecular formula is C12H16ClNO2. The SMILES string of the molecule is OC(CCl)c1ccc(N2CCOCC2)cc1. The molecule has 16 heavy (non-hydrogen) atoms. The molecule has 1 aromatic carbocycles. The van der Waals surface area contributed by atoms with Gasteiger partial charge in [0.2, 0.25) is 0 Å². The average molecular weight is 242 g/mol. The summed E-state index contributed by atoms with van der Waals surface area (Å²) in [7, 11) is 0. The van der Waals surface area contributed by atoms with Crippen molar-refractivity contribution in [1.29, 1.82) is 0 Å². The maximum atomic E-state index is 9.56. The molecule has 1 fully saturated rings. The van der Waals surface area contributed by atoms with Gasteiger partial charge in [0, 0.05) is 18.8 Å². The third kappa shape index (κ3) is 2.67. The average Bonchev–Trinajstić information content (AvgIpc) is 2.39. The first-order valence-corrected chi connectivity index (χ1v) is 6.01. The smallest absolute Gasteiger partial charge is 0.0925 e. The second kappa shape index (κ2) is 5.53. The number of ether oxygens (including phenoxy) is 1. The summed E-state index contributed by atoms with van der Waals surface area (Å²) in [5, 5.41) is 9.56. The first kappa shape index (κ1) is 11.7. The van der Waals surface area contributed by atoms with Crippen molar-refractivity contribution in [2.45, 2.75) is 6.10 Å². The number of rotatable bonds is 3. The monoisotopic (exact) mass is 241 g/mol. The molecule has 1 atom stereocenters. The van der Waals surface area contributed by atoms with E-state index >= 15 is 0 Å². The van der Waals surface area contributed by atoms with E-state index in [1.807, 2.05) is 24.3 Å². The molecule has 1 heterocycles. The van der Waals surface area contributed by atoms with Crippen LogP contribution in [0.2, 0.25) is 0 Å². The number of morpholine rings is 1. The number of halogens is 1. The Kier molecular flexibility index (Phi) is 4.04. The van der Waals surface area contributed by atoms with Gasteiger partial charge in [-0.2, -0.15) is 0 Å². The Morgan fingerprint density at radius 2 is 1.88 bits per heavy atom. The highest BCUT2D eigenvalue weighted by atomic mass is 35.5. The lowest BCUT2D eigenvalue weighted by molar-refractivity contribution is 0.122. The maximum Gasteiger partial charge on any atom is 0.0925 e. The van der Waals surface area contributed by atoms with Gasteiger partial charge in [-0.25, -0.2) is 0 Å². The fourth-order valence-corrected chi connectivity index (χ4v) is 2.00. The van der Waals surface area contributed by atoms with Gasteiger partial charge in [0.1, 0.15) is 0 Å². The van der Waals surface area contributed by atoms with Gasteiger partial charge in [-0.05, 0) is 17.7 Å². The van der Waals surface area contributed by atoms with Gasteiger partial charge in [-0.15, -0.1) is 11.6 Å². The number of nitrogens with zero attached hydrogens (tertiary/aromatic N) is 1. The van der Waals surface area contributed by atoms with Crippen LogP contribution in [0.1, 0.15) is 11.7 Å². The van der Waals surface area contributed by atoms with E-state index in [0.29, 0.717) is 0 Å². The van der Waals surface area contributed by atoms with E-state index in [-0.39, 0.29) is 5.88 Å². The lowest BCUT2D eigenvalue weighted by atomic mass is 10.1. The summed E-state index contributed by atoms with van der Waals surface area (Å²) < 4.78 is 5.30. The Morgan fingerprint density at radius 3 is 2.44 bits per heavy atom. The summed E-state index contributed by atoms with van der Waals surface area (Å²) in [6.07, 6.45) is -0.569. The van der Waals surface area contributed by atoms with Crippen molar-refractivity contribution in [2.24, 2.45) is 0 Å². The molecule has 1 unspecified atom stereocenters. The molecule has 0 amide bonds. The van der Waals surface area contributed by atoms with Crippen molar-refractivity contribution in [1.82, 2.24) is 0 Å². The Bertz CT molecular complexity index is 322. The summed E-state index contributed by atoms with van der Waals surface area (Å²) in [6, 6.07) is 7.91. The van der Waals surface area contributed by atoms with Crippen molar-refractivity contribution >= 4 is 17.3 Å². The molecule has 4 heteroatoms. The number of hydrogen-bond acceptors (Lipinski definition) is 3. The van der Waals surface area contributed by atoms with Crippen LogP contribution >= 0.6 is 11.6 Å². The number of alkyl halides is 1. The molecule has 0 bridgehead atoms. The van der Waals surface area contributed by atoms with Crippen molar-refractivity contribution in [3.05, 3.63) is 29.8 Å². The van der Waals surface area contributed by atoms with E-state index in [2.05, 4.69) is 4.90 Å². The van der Waals surface area contributed by atoms with Crippen LogP contribution in [-0.4, -0.2) is 37.3 Å². The van der Waals surface area contributed by atoms with Crippen molar-refractivity contribution in [2.75, 3.05) is 37.1 Å². The van der Waals surface area contributed by atoms with Crippen molar-refractivity contribution < 1.29 is 9.84 Å². The van der Waals surface area contributed by atoms with E-state index in [0.717, 1.165) is 31.9 Å². The maximum absolute atomic E-state index is 9.56. The molecule has 0 spiro atoms. The van der Waals surface area contributed by atoms with Gasteiger partial charge in [-0.3, -0.25) is 0 Å². The number of anilines is 1. The highest BCUT2D eigenvalue weighted by Crippen LogP contribution is 2.20. The summed E-state index contributed by atoms with van der Waals surface area (Å²) >= 11 is 5.60. The van der Waals surface area contributed by atoms with Crippen LogP contribution < -0.4 is 4.90 Å². The third-order valence-electron chi connectivity index (χ3n) is 2.80. The lowest BCUT2D eigenvalue weighted by Crippen LogP contribution is -2.36. The summed E-state index contributed by atoms with van der Waals surface area (Å²) in [4.78, 5) is 2.28.